The Kier molecular flexibility index (Phi) is 8.33. The molecule has 0 aromatic heterocycles. The molecule has 8 heteroatoms. The smallest absolute Gasteiger partial charge is 0.336 e. The second-order valence-corrected chi connectivity index (χ2v) is 8.43. The van der Waals surface area contributed by atoms with Gasteiger partial charge in [0.1, 0.15) is 11.5 Å². The Morgan fingerprint density at radius 3 is 1.95 bits per heavy atom. The lowest BCUT2D eigenvalue weighted by molar-refractivity contribution is -0.137. The quantitative estimate of drug-likeness (QED) is 0.359. The summed E-state index contributed by atoms with van der Waals surface area (Å²) >= 11 is 0. The molecule has 0 amide bonds. The average Bonchev–Trinajstić information content (AvgIpc) is 2.96. The van der Waals surface area contributed by atoms with Gasteiger partial charge in [0.2, 0.25) is 0 Å². The van der Waals surface area contributed by atoms with Crippen LogP contribution in [0.15, 0.2) is 96.3 Å². The summed E-state index contributed by atoms with van der Waals surface area (Å²) in [4.78, 5) is 27.8. The van der Waals surface area contributed by atoms with E-state index >= 15 is 0 Å². The zero-order valence-electron chi connectivity index (χ0n) is 21.7. The Bertz CT molecular complexity index is 1330. The first kappa shape index (κ1) is 26.3. The molecule has 1 aliphatic rings. The highest BCUT2D eigenvalue weighted by Gasteiger charge is 2.35. The summed E-state index contributed by atoms with van der Waals surface area (Å²) in [6.07, 6.45) is 3.37. The molecule has 3 aromatic rings. The number of nitrogens with zero attached hydrogens (tertiary/aromatic N) is 1. The maximum Gasteiger partial charge on any atom is 0.336 e. The number of rotatable bonds is 9. The van der Waals surface area contributed by atoms with Gasteiger partial charge in [0.15, 0.2) is 11.5 Å². The van der Waals surface area contributed by atoms with E-state index in [0.717, 1.165) is 5.56 Å². The van der Waals surface area contributed by atoms with Crippen LogP contribution in [0, 0.1) is 0 Å². The van der Waals surface area contributed by atoms with Crippen LogP contribution < -0.4 is 14.2 Å². The predicted molar refractivity (Wildman–Crippen MR) is 141 cm³/mol. The van der Waals surface area contributed by atoms with Gasteiger partial charge in [0.05, 0.1) is 45.5 Å². The van der Waals surface area contributed by atoms with Crippen LogP contribution in [0.5, 0.6) is 23.0 Å². The third-order valence-corrected chi connectivity index (χ3v) is 6.06. The van der Waals surface area contributed by atoms with Crippen molar-refractivity contribution in [2.75, 3.05) is 28.4 Å². The summed E-state index contributed by atoms with van der Waals surface area (Å²) in [5.41, 5.74) is 2.12. The fraction of sp³-hybridized carbons (Fsp3) is 0.200. The van der Waals surface area contributed by atoms with Gasteiger partial charge < -0.3 is 28.6 Å². The SMILES string of the molecule is COC(=O)C1=CN(Cc2ccc(OC)c(OC)c2)C=C(C(=O)OC)C1c1cccc(Oc2ccccc2)c1. The average molecular weight is 516 g/mol. The molecule has 38 heavy (non-hydrogen) atoms. The molecule has 0 saturated heterocycles. The van der Waals surface area contributed by atoms with Gasteiger partial charge >= 0.3 is 11.9 Å². The molecule has 0 saturated carbocycles. The molecule has 0 bridgehead atoms. The summed E-state index contributed by atoms with van der Waals surface area (Å²) in [5, 5.41) is 0. The van der Waals surface area contributed by atoms with Crippen LogP contribution in [-0.2, 0) is 25.6 Å². The molecule has 8 nitrogen and oxygen atoms in total. The second kappa shape index (κ2) is 12.0. The molecule has 1 heterocycles. The summed E-state index contributed by atoms with van der Waals surface area (Å²) in [5.74, 6) is 0.564. The number of hydrogen-bond donors (Lipinski definition) is 0. The summed E-state index contributed by atoms with van der Waals surface area (Å²) in [6, 6.07) is 22.1. The number of para-hydroxylation sites is 1. The zero-order chi connectivity index (χ0) is 27.1. The van der Waals surface area contributed by atoms with E-state index in [0.29, 0.717) is 35.1 Å². The number of carbonyl (C=O) groups excluding carboxylic acids is 2. The third kappa shape index (κ3) is 5.81. The molecule has 0 radical (unpaired) electrons. The van der Waals surface area contributed by atoms with E-state index in [1.165, 1.54) is 14.2 Å². The maximum atomic E-state index is 13.0. The van der Waals surface area contributed by atoms with Gasteiger partial charge in [-0.05, 0) is 47.5 Å². The first-order valence-corrected chi connectivity index (χ1v) is 11.9. The number of benzene rings is 3. The molecule has 1 aliphatic heterocycles. The lowest BCUT2D eigenvalue weighted by Crippen LogP contribution is -2.28. The fourth-order valence-corrected chi connectivity index (χ4v) is 4.31. The van der Waals surface area contributed by atoms with Crippen LogP contribution in [0.3, 0.4) is 0 Å². The van der Waals surface area contributed by atoms with Crippen molar-refractivity contribution < 1.29 is 33.3 Å². The van der Waals surface area contributed by atoms with Gasteiger partial charge in [-0.3, -0.25) is 0 Å². The molecule has 0 atom stereocenters. The van der Waals surface area contributed by atoms with Crippen molar-refractivity contribution in [3.8, 4) is 23.0 Å². The van der Waals surface area contributed by atoms with E-state index in [2.05, 4.69) is 0 Å². The fourth-order valence-electron chi connectivity index (χ4n) is 4.31. The summed E-state index contributed by atoms with van der Waals surface area (Å²) in [6.45, 7) is 0.352. The van der Waals surface area contributed by atoms with E-state index in [9.17, 15) is 9.59 Å². The minimum atomic E-state index is -0.726. The van der Waals surface area contributed by atoms with E-state index < -0.39 is 17.9 Å². The molecule has 4 rings (SSSR count). The first-order chi connectivity index (χ1) is 18.5. The number of methoxy groups -OCH3 is 4. The number of carbonyl (C=O) groups is 2. The third-order valence-electron chi connectivity index (χ3n) is 6.06. The standard InChI is InChI=1S/C30H29NO7/c1-34-26-14-13-20(15-27(26)35-2)17-31-18-24(29(32)36-3)28(25(19-31)30(33)37-4)21-9-8-12-23(16-21)38-22-10-6-5-7-11-22/h5-16,18-19,28H,17H2,1-4H3. The molecule has 0 aliphatic carbocycles. The van der Waals surface area contributed by atoms with Crippen molar-refractivity contribution in [3.63, 3.8) is 0 Å². The second-order valence-electron chi connectivity index (χ2n) is 8.43. The Labute approximate surface area is 221 Å². The largest absolute Gasteiger partial charge is 0.493 e. The van der Waals surface area contributed by atoms with Crippen LogP contribution in [0.2, 0.25) is 0 Å². The van der Waals surface area contributed by atoms with Crippen molar-refractivity contribution in [1.29, 1.82) is 0 Å². The molecular formula is C30H29NO7. The Hall–Kier alpha value is -4.72. The minimum Gasteiger partial charge on any atom is -0.493 e. The summed E-state index contributed by atoms with van der Waals surface area (Å²) in [7, 11) is 5.75. The highest BCUT2D eigenvalue weighted by Crippen LogP contribution is 2.39. The van der Waals surface area contributed by atoms with E-state index in [1.54, 1.807) is 43.7 Å². The van der Waals surface area contributed by atoms with Gasteiger partial charge in [-0.15, -0.1) is 0 Å². The monoisotopic (exact) mass is 515 g/mol. The maximum absolute atomic E-state index is 13.0. The topological polar surface area (TPSA) is 83.5 Å². The minimum absolute atomic E-state index is 0.285. The molecule has 0 unspecified atom stereocenters. The Morgan fingerprint density at radius 2 is 1.34 bits per heavy atom. The van der Waals surface area contributed by atoms with Crippen LogP contribution >= 0.6 is 0 Å². The lowest BCUT2D eigenvalue weighted by Gasteiger charge is -2.30. The van der Waals surface area contributed by atoms with Gasteiger partial charge in [-0.1, -0.05) is 36.4 Å². The Morgan fingerprint density at radius 1 is 0.711 bits per heavy atom. The van der Waals surface area contributed by atoms with Crippen LogP contribution in [0.25, 0.3) is 0 Å². The Balaban J connectivity index is 1.73. The normalized spacial score (nSPS) is 13.2. The molecule has 3 aromatic carbocycles. The van der Waals surface area contributed by atoms with Gasteiger partial charge in [-0.25, -0.2) is 9.59 Å². The van der Waals surface area contributed by atoms with Gasteiger partial charge in [-0.2, -0.15) is 0 Å². The van der Waals surface area contributed by atoms with Crippen molar-refractivity contribution in [2.24, 2.45) is 0 Å². The van der Waals surface area contributed by atoms with Crippen molar-refractivity contribution >= 4 is 11.9 Å². The molecule has 0 spiro atoms. The van der Waals surface area contributed by atoms with E-state index in [4.69, 9.17) is 23.7 Å². The number of esters is 2. The highest BCUT2D eigenvalue weighted by atomic mass is 16.5. The summed E-state index contributed by atoms with van der Waals surface area (Å²) < 4.78 is 27.0. The first-order valence-electron chi connectivity index (χ1n) is 11.9. The number of hydrogen-bond acceptors (Lipinski definition) is 8. The van der Waals surface area contributed by atoms with E-state index in [1.807, 2.05) is 60.7 Å². The predicted octanol–water partition coefficient (Wildman–Crippen LogP) is 5.21. The van der Waals surface area contributed by atoms with Gasteiger partial charge in [0, 0.05) is 18.9 Å². The van der Waals surface area contributed by atoms with Crippen molar-refractivity contribution in [1.82, 2.24) is 4.90 Å². The lowest BCUT2D eigenvalue weighted by atomic mass is 9.83. The number of ether oxygens (including phenoxy) is 5. The van der Waals surface area contributed by atoms with Gasteiger partial charge in [0.25, 0.3) is 0 Å². The van der Waals surface area contributed by atoms with E-state index in [-0.39, 0.29) is 11.1 Å². The van der Waals surface area contributed by atoms with Crippen LogP contribution in [0.4, 0.5) is 0 Å². The van der Waals surface area contributed by atoms with Crippen molar-refractivity contribution in [2.45, 2.75) is 12.5 Å². The van der Waals surface area contributed by atoms with Crippen LogP contribution in [0.1, 0.15) is 17.0 Å². The molecule has 0 N–H and O–H groups in total. The van der Waals surface area contributed by atoms with Crippen LogP contribution in [-0.4, -0.2) is 45.3 Å². The zero-order valence-corrected chi connectivity index (χ0v) is 21.7. The highest BCUT2D eigenvalue weighted by molar-refractivity contribution is 5.98. The molecule has 196 valence electrons. The van der Waals surface area contributed by atoms with Crippen molar-refractivity contribution in [3.05, 3.63) is 107 Å². The molecule has 0 fully saturated rings. The molecular weight excluding hydrogens is 486 g/mol.